The molecule has 150 valence electrons. The van der Waals surface area contributed by atoms with Crippen molar-refractivity contribution >= 4 is 53.1 Å². The molecule has 6 nitrogen and oxygen atoms in total. The average Bonchev–Trinajstić information content (AvgIpc) is 3.27. The van der Waals surface area contributed by atoms with Crippen molar-refractivity contribution in [1.82, 2.24) is 15.1 Å². The standard InChI is InChI=1S/C20H24N4O2S.HI/c1-21-20(23(2)13-15-9-12-27-14-15)22-10-5-6-11-24-18(25)16-7-3-4-8-17(16)19(24)26;/h3-4,7-9,12,14H,5-6,10-11,13H2,1-2H3,(H,21,22);1H. The third-order valence-corrected chi connectivity index (χ3v) is 5.28. The third kappa shape index (κ3) is 5.11. The summed E-state index contributed by atoms with van der Waals surface area (Å²) in [5, 5.41) is 7.54. The van der Waals surface area contributed by atoms with E-state index in [1.165, 1.54) is 10.5 Å². The van der Waals surface area contributed by atoms with Gasteiger partial charge in [-0.3, -0.25) is 19.5 Å². The van der Waals surface area contributed by atoms with Gasteiger partial charge < -0.3 is 10.2 Å². The molecule has 3 rings (SSSR count). The van der Waals surface area contributed by atoms with Crippen LogP contribution in [0.1, 0.15) is 39.1 Å². The Morgan fingerprint density at radius 3 is 2.39 bits per heavy atom. The number of nitrogens with one attached hydrogen (secondary N) is 1. The predicted octanol–water partition coefficient (Wildman–Crippen LogP) is 3.45. The number of carbonyl (C=O) groups excluding carboxylic acids is 2. The van der Waals surface area contributed by atoms with Crippen LogP contribution in [0.15, 0.2) is 46.1 Å². The quantitative estimate of drug-likeness (QED) is 0.203. The number of halogens is 1. The van der Waals surface area contributed by atoms with Gasteiger partial charge in [-0.05, 0) is 47.4 Å². The molecule has 0 saturated carbocycles. The number of benzene rings is 1. The SMILES string of the molecule is CN=C(NCCCCN1C(=O)c2ccccc2C1=O)N(C)Cc1ccsc1.I. The minimum absolute atomic E-state index is 0. The van der Waals surface area contributed by atoms with Gasteiger partial charge in [0.25, 0.3) is 11.8 Å². The van der Waals surface area contributed by atoms with Gasteiger partial charge in [0.15, 0.2) is 5.96 Å². The Balaban J connectivity index is 0.00000280. The van der Waals surface area contributed by atoms with Crippen molar-refractivity contribution in [3.63, 3.8) is 0 Å². The van der Waals surface area contributed by atoms with Crippen molar-refractivity contribution in [2.45, 2.75) is 19.4 Å². The van der Waals surface area contributed by atoms with E-state index in [4.69, 9.17) is 0 Å². The second-order valence-corrected chi connectivity index (χ2v) is 7.26. The highest BCUT2D eigenvalue weighted by molar-refractivity contribution is 14.0. The Bertz CT molecular complexity index is 803. The summed E-state index contributed by atoms with van der Waals surface area (Å²) >= 11 is 1.69. The molecule has 1 N–H and O–H groups in total. The van der Waals surface area contributed by atoms with E-state index in [1.54, 1.807) is 42.6 Å². The molecule has 0 fully saturated rings. The van der Waals surface area contributed by atoms with Crippen LogP contribution in [0.4, 0.5) is 0 Å². The zero-order valence-electron chi connectivity index (χ0n) is 16.1. The number of thiophene rings is 1. The fraction of sp³-hybridized carbons (Fsp3) is 0.350. The molecule has 1 aromatic carbocycles. The molecule has 2 heterocycles. The molecule has 0 unspecified atom stereocenters. The normalized spacial score (nSPS) is 13.4. The van der Waals surface area contributed by atoms with Crippen LogP contribution < -0.4 is 5.32 Å². The highest BCUT2D eigenvalue weighted by Gasteiger charge is 2.34. The lowest BCUT2D eigenvalue weighted by Gasteiger charge is -2.22. The second kappa shape index (κ2) is 10.6. The minimum Gasteiger partial charge on any atom is -0.356 e. The molecule has 0 aliphatic carbocycles. The summed E-state index contributed by atoms with van der Waals surface area (Å²) in [6, 6.07) is 9.11. The van der Waals surface area contributed by atoms with E-state index >= 15 is 0 Å². The van der Waals surface area contributed by atoms with Crippen LogP contribution in [0, 0.1) is 0 Å². The van der Waals surface area contributed by atoms with Crippen molar-refractivity contribution in [3.8, 4) is 0 Å². The Kier molecular flexibility index (Phi) is 8.43. The van der Waals surface area contributed by atoms with E-state index in [-0.39, 0.29) is 35.8 Å². The summed E-state index contributed by atoms with van der Waals surface area (Å²) in [7, 11) is 3.77. The van der Waals surface area contributed by atoms with Crippen LogP contribution in [0.25, 0.3) is 0 Å². The minimum atomic E-state index is -0.185. The zero-order chi connectivity index (χ0) is 19.2. The highest BCUT2D eigenvalue weighted by Crippen LogP contribution is 2.22. The Labute approximate surface area is 186 Å². The van der Waals surface area contributed by atoms with E-state index in [1.807, 2.05) is 7.05 Å². The van der Waals surface area contributed by atoms with Crippen molar-refractivity contribution in [3.05, 3.63) is 57.8 Å². The van der Waals surface area contributed by atoms with Gasteiger partial charge in [-0.15, -0.1) is 24.0 Å². The summed E-state index contributed by atoms with van der Waals surface area (Å²) in [5.74, 6) is 0.465. The second-order valence-electron chi connectivity index (χ2n) is 6.48. The third-order valence-electron chi connectivity index (χ3n) is 4.54. The van der Waals surface area contributed by atoms with E-state index in [0.717, 1.165) is 31.9 Å². The van der Waals surface area contributed by atoms with E-state index in [0.29, 0.717) is 17.7 Å². The lowest BCUT2D eigenvalue weighted by molar-refractivity contribution is 0.0652. The van der Waals surface area contributed by atoms with E-state index < -0.39 is 0 Å². The molecule has 2 amide bonds. The van der Waals surface area contributed by atoms with Crippen molar-refractivity contribution < 1.29 is 9.59 Å². The van der Waals surface area contributed by atoms with Gasteiger partial charge in [-0.2, -0.15) is 11.3 Å². The molecule has 1 aliphatic rings. The fourth-order valence-corrected chi connectivity index (χ4v) is 3.81. The number of rotatable bonds is 7. The largest absolute Gasteiger partial charge is 0.356 e. The number of hydrogen-bond donors (Lipinski definition) is 1. The van der Waals surface area contributed by atoms with Gasteiger partial charge >= 0.3 is 0 Å². The van der Waals surface area contributed by atoms with Gasteiger partial charge in [-0.25, -0.2) is 0 Å². The number of guanidine groups is 1. The van der Waals surface area contributed by atoms with Crippen LogP contribution in [0.5, 0.6) is 0 Å². The maximum Gasteiger partial charge on any atom is 0.261 e. The topological polar surface area (TPSA) is 65.0 Å². The maximum absolute atomic E-state index is 12.3. The molecule has 0 spiro atoms. The molecule has 28 heavy (non-hydrogen) atoms. The van der Waals surface area contributed by atoms with E-state index in [9.17, 15) is 9.59 Å². The summed E-state index contributed by atoms with van der Waals surface area (Å²) < 4.78 is 0. The maximum atomic E-state index is 12.3. The number of carbonyl (C=O) groups is 2. The number of aliphatic imine (C=N–C) groups is 1. The first-order valence-electron chi connectivity index (χ1n) is 9.00. The van der Waals surface area contributed by atoms with Crippen LogP contribution in [-0.2, 0) is 6.54 Å². The molecular formula is C20H25IN4O2S. The van der Waals surface area contributed by atoms with Crippen LogP contribution in [0.3, 0.4) is 0 Å². The monoisotopic (exact) mass is 512 g/mol. The average molecular weight is 512 g/mol. The highest BCUT2D eigenvalue weighted by atomic mass is 127. The molecule has 1 aliphatic heterocycles. The molecule has 0 atom stereocenters. The summed E-state index contributed by atoms with van der Waals surface area (Å²) in [6.45, 7) is 1.99. The number of amides is 2. The van der Waals surface area contributed by atoms with Crippen LogP contribution >= 0.6 is 35.3 Å². The van der Waals surface area contributed by atoms with Crippen LogP contribution in [-0.4, -0.2) is 54.8 Å². The first-order chi connectivity index (χ1) is 13.1. The summed E-state index contributed by atoms with van der Waals surface area (Å²) in [6.07, 6.45) is 1.60. The van der Waals surface area contributed by atoms with Gasteiger partial charge in [-0.1, -0.05) is 12.1 Å². The number of imide groups is 1. The zero-order valence-corrected chi connectivity index (χ0v) is 19.2. The molecule has 2 aromatic rings. The molecule has 0 saturated heterocycles. The Morgan fingerprint density at radius 2 is 1.82 bits per heavy atom. The smallest absolute Gasteiger partial charge is 0.261 e. The molecule has 8 heteroatoms. The number of hydrogen-bond acceptors (Lipinski definition) is 4. The van der Waals surface area contributed by atoms with Gasteiger partial charge in [0, 0.05) is 33.7 Å². The first kappa shape index (κ1) is 22.4. The molecule has 0 bridgehead atoms. The number of fused-ring (bicyclic) bond motifs is 1. The predicted molar refractivity (Wildman–Crippen MR) is 124 cm³/mol. The number of nitrogens with zero attached hydrogens (tertiary/aromatic N) is 3. The fourth-order valence-electron chi connectivity index (χ4n) is 3.15. The summed E-state index contributed by atoms with van der Waals surface area (Å²) in [5.41, 5.74) is 2.28. The lowest BCUT2D eigenvalue weighted by Crippen LogP contribution is -2.39. The molecular weight excluding hydrogens is 487 g/mol. The Morgan fingerprint density at radius 1 is 1.14 bits per heavy atom. The van der Waals surface area contributed by atoms with Gasteiger partial charge in [0.2, 0.25) is 0 Å². The van der Waals surface area contributed by atoms with Crippen LogP contribution in [0.2, 0.25) is 0 Å². The van der Waals surface area contributed by atoms with Crippen molar-refractivity contribution in [2.75, 3.05) is 27.2 Å². The van der Waals surface area contributed by atoms with E-state index in [2.05, 4.69) is 32.0 Å². The molecule has 1 aromatic heterocycles. The van der Waals surface area contributed by atoms with Crippen molar-refractivity contribution in [2.24, 2.45) is 4.99 Å². The Hall–Kier alpha value is -1.94. The van der Waals surface area contributed by atoms with Gasteiger partial charge in [0.05, 0.1) is 11.1 Å². The molecule has 0 radical (unpaired) electrons. The van der Waals surface area contributed by atoms with Gasteiger partial charge in [0.1, 0.15) is 0 Å². The van der Waals surface area contributed by atoms with Crippen molar-refractivity contribution in [1.29, 1.82) is 0 Å². The lowest BCUT2D eigenvalue weighted by atomic mass is 10.1. The first-order valence-corrected chi connectivity index (χ1v) is 9.94. The summed E-state index contributed by atoms with van der Waals surface area (Å²) in [4.78, 5) is 32.4. The number of unbranched alkanes of at least 4 members (excludes halogenated alkanes) is 1.